The van der Waals surface area contributed by atoms with Gasteiger partial charge in [-0.05, 0) is 24.6 Å². The summed E-state index contributed by atoms with van der Waals surface area (Å²) >= 11 is 1.35. The highest BCUT2D eigenvalue weighted by atomic mass is 32.1. The molecule has 0 saturated heterocycles. The van der Waals surface area contributed by atoms with Gasteiger partial charge in [0.15, 0.2) is 0 Å². The number of nitrogens with one attached hydrogen (secondary N) is 1. The van der Waals surface area contributed by atoms with Crippen LogP contribution in [0.3, 0.4) is 0 Å². The van der Waals surface area contributed by atoms with Crippen molar-refractivity contribution in [2.75, 3.05) is 19.4 Å². The molecule has 0 aliphatic rings. The van der Waals surface area contributed by atoms with E-state index in [4.69, 9.17) is 5.73 Å². The number of aryl methyl sites for hydroxylation is 1. The summed E-state index contributed by atoms with van der Waals surface area (Å²) in [5, 5.41) is 5.12. The predicted molar refractivity (Wildman–Crippen MR) is 87.2 cm³/mol. The number of thiazole rings is 1. The van der Waals surface area contributed by atoms with E-state index < -0.39 is 0 Å². The van der Waals surface area contributed by atoms with Gasteiger partial charge in [0.2, 0.25) is 0 Å². The average molecular weight is 318 g/mol. The van der Waals surface area contributed by atoms with Gasteiger partial charge in [0, 0.05) is 37.3 Å². The zero-order valence-corrected chi connectivity index (χ0v) is 13.5. The molecule has 0 unspecified atom stereocenters. The molecule has 1 aromatic heterocycles. The van der Waals surface area contributed by atoms with Gasteiger partial charge in [0.05, 0.1) is 0 Å². The third-order valence-electron chi connectivity index (χ3n) is 3.09. The maximum atomic E-state index is 12.1. The van der Waals surface area contributed by atoms with Gasteiger partial charge in [-0.1, -0.05) is 6.07 Å². The number of aromatic nitrogens is 1. The molecular weight excluding hydrogens is 300 g/mol. The van der Waals surface area contributed by atoms with E-state index in [-0.39, 0.29) is 11.8 Å². The van der Waals surface area contributed by atoms with Gasteiger partial charge < -0.3 is 16.0 Å². The molecule has 0 bridgehead atoms. The van der Waals surface area contributed by atoms with Gasteiger partial charge in [-0.15, -0.1) is 11.3 Å². The molecule has 7 heteroatoms. The number of nitrogens with two attached hydrogens (primary N) is 1. The van der Waals surface area contributed by atoms with Gasteiger partial charge in [-0.25, -0.2) is 4.98 Å². The smallest absolute Gasteiger partial charge is 0.275 e. The molecule has 22 heavy (non-hydrogen) atoms. The van der Waals surface area contributed by atoms with Crippen molar-refractivity contribution in [3.8, 4) is 0 Å². The van der Waals surface area contributed by atoms with Crippen molar-refractivity contribution in [2.45, 2.75) is 13.5 Å². The van der Waals surface area contributed by atoms with Crippen LogP contribution in [-0.2, 0) is 6.54 Å². The first-order chi connectivity index (χ1) is 10.4. The Hall–Kier alpha value is -2.25. The summed E-state index contributed by atoms with van der Waals surface area (Å²) in [6.45, 7) is 2.17. The van der Waals surface area contributed by atoms with Crippen LogP contribution in [0.1, 0.15) is 31.4 Å². The first-order valence-corrected chi connectivity index (χ1v) is 7.58. The van der Waals surface area contributed by atoms with Gasteiger partial charge >= 0.3 is 0 Å². The van der Waals surface area contributed by atoms with E-state index in [0.717, 1.165) is 5.56 Å². The largest absolute Gasteiger partial charge is 0.345 e. The lowest BCUT2D eigenvalue weighted by molar-refractivity contribution is 0.0826. The number of hydrogen-bond donors (Lipinski definition) is 2. The summed E-state index contributed by atoms with van der Waals surface area (Å²) in [6, 6.07) is 5.24. The molecule has 1 heterocycles. The minimum absolute atomic E-state index is 0.104. The fraction of sp³-hybridized carbons (Fsp3) is 0.267. The molecule has 1 aromatic carbocycles. The van der Waals surface area contributed by atoms with Crippen molar-refractivity contribution in [1.82, 2.24) is 9.88 Å². The first kappa shape index (κ1) is 16.1. The molecule has 0 aliphatic carbocycles. The summed E-state index contributed by atoms with van der Waals surface area (Å²) in [5.41, 5.74) is 7.79. The summed E-state index contributed by atoms with van der Waals surface area (Å²) in [5.74, 6) is -0.421. The van der Waals surface area contributed by atoms with E-state index >= 15 is 0 Å². The Labute approximate surface area is 133 Å². The Bertz CT molecular complexity index is 709. The Balaban J connectivity index is 2.21. The van der Waals surface area contributed by atoms with E-state index in [1.54, 1.807) is 37.7 Å². The van der Waals surface area contributed by atoms with Gasteiger partial charge in [-0.2, -0.15) is 0 Å². The molecular formula is C15H18N4O2S. The first-order valence-electron chi connectivity index (χ1n) is 6.70. The SMILES string of the molecule is Cc1ccc(NC(=O)c2csc(CN)n2)cc1C(=O)N(C)C. The molecule has 6 nitrogen and oxygen atoms in total. The quantitative estimate of drug-likeness (QED) is 0.900. The minimum atomic E-state index is -0.317. The van der Waals surface area contributed by atoms with Crippen LogP contribution in [0.2, 0.25) is 0 Å². The molecule has 0 atom stereocenters. The number of hydrogen-bond acceptors (Lipinski definition) is 5. The fourth-order valence-electron chi connectivity index (χ4n) is 1.88. The Morgan fingerprint density at radius 1 is 1.36 bits per heavy atom. The average Bonchev–Trinajstić information content (AvgIpc) is 2.97. The third-order valence-corrected chi connectivity index (χ3v) is 3.96. The lowest BCUT2D eigenvalue weighted by Crippen LogP contribution is -2.23. The minimum Gasteiger partial charge on any atom is -0.345 e. The Morgan fingerprint density at radius 2 is 2.09 bits per heavy atom. The number of rotatable bonds is 4. The zero-order chi connectivity index (χ0) is 16.3. The number of benzene rings is 1. The molecule has 2 amide bonds. The van der Waals surface area contributed by atoms with Crippen LogP contribution in [-0.4, -0.2) is 35.8 Å². The molecule has 2 rings (SSSR count). The van der Waals surface area contributed by atoms with Crippen LogP contribution in [0.15, 0.2) is 23.6 Å². The number of carbonyl (C=O) groups is 2. The second-order valence-electron chi connectivity index (χ2n) is 5.01. The summed E-state index contributed by atoms with van der Waals surface area (Å²) < 4.78 is 0. The highest BCUT2D eigenvalue weighted by Gasteiger charge is 2.14. The molecule has 0 spiro atoms. The standard InChI is InChI=1S/C15H18N4O2S/c1-9-4-5-10(6-11(9)15(21)19(2)3)17-14(20)12-8-22-13(7-16)18-12/h4-6,8H,7,16H2,1-3H3,(H,17,20). The van der Waals surface area contributed by atoms with Crippen molar-refractivity contribution in [1.29, 1.82) is 0 Å². The Morgan fingerprint density at radius 3 is 2.68 bits per heavy atom. The number of nitrogens with zero attached hydrogens (tertiary/aromatic N) is 2. The Kier molecular flexibility index (Phi) is 4.89. The van der Waals surface area contributed by atoms with Gasteiger partial charge in [0.1, 0.15) is 10.7 Å². The number of amides is 2. The van der Waals surface area contributed by atoms with E-state index in [9.17, 15) is 9.59 Å². The lowest BCUT2D eigenvalue weighted by Gasteiger charge is -2.14. The summed E-state index contributed by atoms with van der Waals surface area (Å²) in [4.78, 5) is 29.9. The maximum Gasteiger partial charge on any atom is 0.275 e. The molecule has 3 N–H and O–H groups in total. The van der Waals surface area contributed by atoms with Crippen molar-refractivity contribution in [2.24, 2.45) is 5.73 Å². The van der Waals surface area contributed by atoms with Crippen LogP contribution in [0, 0.1) is 6.92 Å². The molecule has 0 radical (unpaired) electrons. The van der Waals surface area contributed by atoms with Gasteiger partial charge in [0.25, 0.3) is 11.8 Å². The van der Waals surface area contributed by atoms with Crippen LogP contribution >= 0.6 is 11.3 Å². The van der Waals surface area contributed by atoms with Crippen LogP contribution in [0.25, 0.3) is 0 Å². The predicted octanol–water partition coefficient (Wildman–Crippen LogP) is 1.86. The van der Waals surface area contributed by atoms with E-state index in [1.807, 2.05) is 6.92 Å². The van der Waals surface area contributed by atoms with Crippen LogP contribution in [0.5, 0.6) is 0 Å². The van der Waals surface area contributed by atoms with Crippen molar-refractivity contribution in [3.05, 3.63) is 45.4 Å². The van der Waals surface area contributed by atoms with Crippen molar-refractivity contribution >= 4 is 28.8 Å². The maximum absolute atomic E-state index is 12.1. The third kappa shape index (κ3) is 3.49. The van der Waals surface area contributed by atoms with E-state index in [0.29, 0.717) is 28.5 Å². The second kappa shape index (κ2) is 6.67. The van der Waals surface area contributed by atoms with Gasteiger partial charge in [-0.3, -0.25) is 9.59 Å². The normalized spacial score (nSPS) is 10.4. The number of carbonyl (C=O) groups excluding carboxylic acids is 2. The van der Waals surface area contributed by atoms with Crippen LogP contribution < -0.4 is 11.1 Å². The topological polar surface area (TPSA) is 88.3 Å². The zero-order valence-electron chi connectivity index (χ0n) is 12.7. The monoisotopic (exact) mass is 318 g/mol. The molecule has 0 aliphatic heterocycles. The van der Waals surface area contributed by atoms with Crippen LogP contribution in [0.4, 0.5) is 5.69 Å². The van der Waals surface area contributed by atoms with Crippen molar-refractivity contribution in [3.63, 3.8) is 0 Å². The highest BCUT2D eigenvalue weighted by molar-refractivity contribution is 7.09. The van der Waals surface area contributed by atoms with E-state index in [2.05, 4.69) is 10.3 Å². The molecule has 0 fully saturated rings. The highest BCUT2D eigenvalue weighted by Crippen LogP contribution is 2.18. The molecule has 2 aromatic rings. The summed E-state index contributed by atoms with van der Waals surface area (Å²) in [7, 11) is 3.38. The molecule has 116 valence electrons. The summed E-state index contributed by atoms with van der Waals surface area (Å²) in [6.07, 6.45) is 0. The van der Waals surface area contributed by atoms with Crippen molar-refractivity contribution < 1.29 is 9.59 Å². The van der Waals surface area contributed by atoms with E-state index in [1.165, 1.54) is 16.2 Å². The number of anilines is 1. The fourth-order valence-corrected chi connectivity index (χ4v) is 2.53. The lowest BCUT2D eigenvalue weighted by atomic mass is 10.1. The second-order valence-corrected chi connectivity index (χ2v) is 5.96. The molecule has 0 saturated carbocycles.